The van der Waals surface area contributed by atoms with E-state index in [-0.39, 0.29) is 6.10 Å². The molecule has 2 atom stereocenters. The Morgan fingerprint density at radius 2 is 2.33 bits per heavy atom. The molecule has 1 aromatic carbocycles. The van der Waals surface area contributed by atoms with Crippen molar-refractivity contribution in [2.24, 2.45) is 18.7 Å². The van der Waals surface area contributed by atoms with Gasteiger partial charge in [-0.25, -0.2) is 4.98 Å². The molecule has 2 aromatic rings. The number of hydrogen-bond donors (Lipinski definition) is 1. The van der Waals surface area contributed by atoms with Crippen LogP contribution < -0.4 is 5.73 Å². The number of benzene rings is 1. The van der Waals surface area contributed by atoms with E-state index < -0.39 is 0 Å². The standard InChI is InChI=1S/C14H19N3O/c1-9-5-6-18-13(9)14-16-11-4-3-10(8-15)7-12(11)17(14)2/h3-4,7,9,13H,5-6,8,15H2,1-2H3. The zero-order chi connectivity index (χ0) is 12.7. The molecule has 1 fully saturated rings. The summed E-state index contributed by atoms with van der Waals surface area (Å²) in [7, 11) is 2.05. The van der Waals surface area contributed by atoms with Crippen molar-refractivity contribution in [3.8, 4) is 0 Å². The van der Waals surface area contributed by atoms with Crippen LogP contribution in [-0.4, -0.2) is 16.2 Å². The molecule has 96 valence electrons. The summed E-state index contributed by atoms with van der Waals surface area (Å²) in [6.07, 6.45) is 1.24. The zero-order valence-electron chi connectivity index (χ0n) is 10.9. The van der Waals surface area contributed by atoms with Crippen LogP contribution in [0.1, 0.15) is 30.8 Å². The lowest BCUT2D eigenvalue weighted by Gasteiger charge is -2.14. The SMILES string of the molecule is CC1CCOC1c1nc2ccc(CN)cc2n1C. The van der Waals surface area contributed by atoms with Gasteiger partial charge in [-0.1, -0.05) is 13.0 Å². The predicted molar refractivity (Wildman–Crippen MR) is 71.1 cm³/mol. The van der Waals surface area contributed by atoms with E-state index in [0.717, 1.165) is 35.4 Å². The minimum Gasteiger partial charge on any atom is -0.370 e. The fourth-order valence-electron chi connectivity index (χ4n) is 2.66. The van der Waals surface area contributed by atoms with E-state index in [4.69, 9.17) is 15.5 Å². The van der Waals surface area contributed by atoms with E-state index in [2.05, 4.69) is 24.6 Å². The van der Waals surface area contributed by atoms with Crippen LogP contribution in [0.3, 0.4) is 0 Å². The summed E-state index contributed by atoms with van der Waals surface area (Å²) in [5.74, 6) is 1.57. The van der Waals surface area contributed by atoms with Gasteiger partial charge in [-0.2, -0.15) is 0 Å². The Morgan fingerprint density at radius 3 is 3.00 bits per heavy atom. The highest BCUT2D eigenvalue weighted by Gasteiger charge is 2.29. The van der Waals surface area contributed by atoms with Crippen LogP contribution >= 0.6 is 0 Å². The lowest BCUT2D eigenvalue weighted by Crippen LogP contribution is -2.10. The molecule has 18 heavy (non-hydrogen) atoms. The summed E-state index contributed by atoms with van der Waals surface area (Å²) in [5, 5.41) is 0. The third kappa shape index (κ3) is 1.72. The van der Waals surface area contributed by atoms with Crippen LogP contribution in [0.25, 0.3) is 11.0 Å². The van der Waals surface area contributed by atoms with E-state index in [9.17, 15) is 0 Å². The Labute approximate surface area is 107 Å². The summed E-state index contributed by atoms with van der Waals surface area (Å²) in [6, 6.07) is 6.20. The lowest BCUT2D eigenvalue weighted by atomic mass is 10.0. The number of ether oxygens (including phenoxy) is 1. The van der Waals surface area contributed by atoms with Crippen LogP contribution in [0.2, 0.25) is 0 Å². The molecular formula is C14H19N3O. The first-order valence-corrected chi connectivity index (χ1v) is 6.47. The highest BCUT2D eigenvalue weighted by molar-refractivity contribution is 5.77. The largest absolute Gasteiger partial charge is 0.370 e. The first-order chi connectivity index (χ1) is 8.70. The summed E-state index contributed by atoms with van der Waals surface area (Å²) in [4.78, 5) is 4.72. The molecule has 1 aliphatic heterocycles. The van der Waals surface area contributed by atoms with Crippen molar-refractivity contribution in [3.05, 3.63) is 29.6 Å². The Bertz CT molecular complexity index is 576. The molecule has 0 aliphatic carbocycles. The van der Waals surface area contributed by atoms with Gasteiger partial charge >= 0.3 is 0 Å². The average Bonchev–Trinajstić information content (AvgIpc) is 2.93. The molecule has 1 aliphatic rings. The van der Waals surface area contributed by atoms with Crippen LogP contribution in [0.5, 0.6) is 0 Å². The number of aryl methyl sites for hydroxylation is 1. The summed E-state index contributed by atoms with van der Waals surface area (Å²) in [5.41, 5.74) is 8.98. The second-order valence-corrected chi connectivity index (χ2v) is 5.11. The highest BCUT2D eigenvalue weighted by Crippen LogP contribution is 2.34. The predicted octanol–water partition coefficient (Wildman–Crippen LogP) is 2.13. The van der Waals surface area contributed by atoms with Crippen molar-refractivity contribution < 1.29 is 4.74 Å². The molecular weight excluding hydrogens is 226 g/mol. The molecule has 0 radical (unpaired) electrons. The maximum Gasteiger partial charge on any atom is 0.139 e. The van der Waals surface area contributed by atoms with Crippen molar-refractivity contribution in [3.63, 3.8) is 0 Å². The molecule has 2 N–H and O–H groups in total. The van der Waals surface area contributed by atoms with Crippen LogP contribution in [-0.2, 0) is 18.3 Å². The van der Waals surface area contributed by atoms with Gasteiger partial charge in [0.1, 0.15) is 11.9 Å². The smallest absolute Gasteiger partial charge is 0.139 e. The van der Waals surface area contributed by atoms with Gasteiger partial charge in [0.25, 0.3) is 0 Å². The summed E-state index contributed by atoms with van der Waals surface area (Å²) in [6.45, 7) is 3.62. The van der Waals surface area contributed by atoms with Crippen molar-refractivity contribution in [2.45, 2.75) is 26.0 Å². The van der Waals surface area contributed by atoms with Crippen molar-refractivity contribution in [2.75, 3.05) is 6.61 Å². The molecule has 4 heteroatoms. The Kier molecular flexibility index (Phi) is 2.84. The number of nitrogens with zero attached hydrogens (tertiary/aromatic N) is 2. The molecule has 4 nitrogen and oxygen atoms in total. The third-order valence-corrected chi connectivity index (χ3v) is 3.86. The van der Waals surface area contributed by atoms with Crippen LogP contribution in [0.4, 0.5) is 0 Å². The molecule has 1 saturated heterocycles. The monoisotopic (exact) mass is 245 g/mol. The molecule has 0 bridgehead atoms. The van der Waals surface area contributed by atoms with Gasteiger partial charge in [-0.3, -0.25) is 0 Å². The summed E-state index contributed by atoms with van der Waals surface area (Å²) >= 11 is 0. The van der Waals surface area contributed by atoms with E-state index in [0.29, 0.717) is 12.5 Å². The van der Waals surface area contributed by atoms with Crippen molar-refractivity contribution in [1.29, 1.82) is 0 Å². The zero-order valence-corrected chi connectivity index (χ0v) is 10.9. The van der Waals surface area contributed by atoms with Gasteiger partial charge in [0.2, 0.25) is 0 Å². The van der Waals surface area contributed by atoms with E-state index in [1.165, 1.54) is 0 Å². The van der Waals surface area contributed by atoms with E-state index >= 15 is 0 Å². The average molecular weight is 245 g/mol. The quantitative estimate of drug-likeness (QED) is 0.881. The molecule has 0 saturated carbocycles. The molecule has 3 rings (SSSR count). The third-order valence-electron chi connectivity index (χ3n) is 3.86. The van der Waals surface area contributed by atoms with Crippen LogP contribution in [0.15, 0.2) is 18.2 Å². The lowest BCUT2D eigenvalue weighted by molar-refractivity contribution is 0.0855. The Hall–Kier alpha value is -1.39. The van der Waals surface area contributed by atoms with Gasteiger partial charge in [-0.15, -0.1) is 0 Å². The maximum absolute atomic E-state index is 5.81. The molecule has 0 amide bonds. The normalized spacial score (nSPS) is 23.9. The first kappa shape index (κ1) is 11.7. The van der Waals surface area contributed by atoms with E-state index in [1.54, 1.807) is 0 Å². The Morgan fingerprint density at radius 1 is 1.50 bits per heavy atom. The van der Waals surface area contributed by atoms with Gasteiger partial charge in [-0.05, 0) is 30.0 Å². The number of fused-ring (bicyclic) bond motifs is 1. The van der Waals surface area contributed by atoms with Crippen LogP contribution in [0, 0.1) is 5.92 Å². The number of aromatic nitrogens is 2. The van der Waals surface area contributed by atoms with Gasteiger partial charge in [0, 0.05) is 20.2 Å². The first-order valence-electron chi connectivity index (χ1n) is 6.47. The fourth-order valence-corrected chi connectivity index (χ4v) is 2.66. The number of rotatable bonds is 2. The second kappa shape index (κ2) is 4.37. The molecule has 0 spiro atoms. The number of hydrogen-bond acceptors (Lipinski definition) is 3. The Balaban J connectivity index is 2.10. The molecule has 2 heterocycles. The minimum absolute atomic E-state index is 0.128. The minimum atomic E-state index is 0.128. The highest BCUT2D eigenvalue weighted by atomic mass is 16.5. The van der Waals surface area contributed by atoms with Gasteiger partial charge < -0.3 is 15.0 Å². The fraction of sp³-hybridized carbons (Fsp3) is 0.500. The van der Waals surface area contributed by atoms with Gasteiger partial charge in [0.05, 0.1) is 11.0 Å². The molecule has 1 aromatic heterocycles. The molecule has 2 unspecified atom stereocenters. The van der Waals surface area contributed by atoms with Gasteiger partial charge in [0.15, 0.2) is 0 Å². The second-order valence-electron chi connectivity index (χ2n) is 5.11. The van der Waals surface area contributed by atoms with Crippen molar-refractivity contribution in [1.82, 2.24) is 9.55 Å². The van der Waals surface area contributed by atoms with E-state index in [1.807, 2.05) is 12.1 Å². The number of nitrogens with two attached hydrogens (primary N) is 1. The summed E-state index contributed by atoms with van der Waals surface area (Å²) < 4.78 is 7.95. The van der Waals surface area contributed by atoms with Crippen molar-refractivity contribution >= 4 is 11.0 Å². The number of imidazole rings is 1. The topological polar surface area (TPSA) is 53.1 Å². The maximum atomic E-state index is 5.81.